The van der Waals surface area contributed by atoms with Crippen LogP contribution >= 0.6 is 0 Å². The molecule has 2 aliphatic heterocycles. The largest absolute Gasteiger partial charge is 0.513 e. The van der Waals surface area contributed by atoms with Crippen LogP contribution in [0, 0.1) is 0 Å². The molecular formula is C31H43N3O9S. The molecule has 2 N–H and O–H groups in total. The summed E-state index contributed by atoms with van der Waals surface area (Å²) in [5.74, 6) is 0.157. The highest BCUT2D eigenvalue weighted by molar-refractivity contribution is 7.89. The molecule has 0 aromatic heterocycles. The van der Waals surface area contributed by atoms with E-state index in [1.807, 2.05) is 24.3 Å². The molecule has 1 amide bonds. The number of nitrogens with two attached hydrogens (primary N) is 1. The number of nitrogens with zero attached hydrogens (tertiary/aromatic N) is 2. The number of rotatable bonds is 12. The summed E-state index contributed by atoms with van der Waals surface area (Å²) in [6.07, 6.45) is -0.373. The smallest absolute Gasteiger partial charge is 0.453 e. The first kappa shape index (κ1) is 33.7. The van der Waals surface area contributed by atoms with Gasteiger partial charge in [-0.3, -0.25) is 4.90 Å². The van der Waals surface area contributed by atoms with E-state index in [4.69, 9.17) is 29.4 Å². The summed E-state index contributed by atoms with van der Waals surface area (Å²) in [6.45, 7) is 5.42. The minimum Gasteiger partial charge on any atom is -0.453 e. The SMILES string of the molecule is COC(=O)N(C1CCCO1)C(N)c1ccc(OC(=O)OCC2CCCO2)c(S(=O)(=O)N(C)CCc2ccc(C(C)C)cc2)c1. The Morgan fingerprint density at radius 2 is 1.70 bits per heavy atom. The van der Waals surface area contributed by atoms with Crippen LogP contribution in [0.4, 0.5) is 9.59 Å². The summed E-state index contributed by atoms with van der Waals surface area (Å²) in [5.41, 5.74) is 8.96. The second kappa shape index (κ2) is 15.2. The van der Waals surface area contributed by atoms with E-state index in [-0.39, 0.29) is 35.5 Å². The third-order valence-corrected chi connectivity index (χ3v) is 9.74. The molecule has 12 nitrogen and oxygen atoms in total. The number of benzene rings is 2. The lowest BCUT2D eigenvalue weighted by molar-refractivity contribution is -0.0343. The van der Waals surface area contributed by atoms with Crippen LogP contribution in [0.1, 0.15) is 68.3 Å². The summed E-state index contributed by atoms with van der Waals surface area (Å²) in [7, 11) is -1.52. The van der Waals surface area contributed by atoms with E-state index in [1.165, 1.54) is 47.1 Å². The van der Waals surface area contributed by atoms with Crippen molar-refractivity contribution in [3.8, 4) is 5.75 Å². The Labute approximate surface area is 259 Å². The Morgan fingerprint density at radius 3 is 2.32 bits per heavy atom. The van der Waals surface area contributed by atoms with E-state index >= 15 is 0 Å². The fraction of sp³-hybridized carbons (Fsp3) is 0.548. The van der Waals surface area contributed by atoms with E-state index < -0.39 is 34.7 Å². The fourth-order valence-corrected chi connectivity index (χ4v) is 6.47. The number of methoxy groups -OCH3 is 1. The van der Waals surface area contributed by atoms with Gasteiger partial charge in [0.2, 0.25) is 10.0 Å². The van der Waals surface area contributed by atoms with Crippen LogP contribution in [0.5, 0.6) is 5.75 Å². The lowest BCUT2D eigenvalue weighted by Crippen LogP contribution is -2.46. The maximum absolute atomic E-state index is 14.0. The van der Waals surface area contributed by atoms with Crippen LogP contribution in [0.25, 0.3) is 0 Å². The number of hydrogen-bond donors (Lipinski definition) is 1. The van der Waals surface area contributed by atoms with Crippen molar-refractivity contribution in [2.45, 2.75) is 75.3 Å². The van der Waals surface area contributed by atoms with Crippen LogP contribution in [-0.4, -0.2) is 82.7 Å². The Balaban J connectivity index is 1.60. The van der Waals surface area contributed by atoms with E-state index in [1.54, 1.807) is 0 Å². The van der Waals surface area contributed by atoms with Crippen molar-refractivity contribution in [3.05, 3.63) is 59.2 Å². The number of ether oxygens (including phenoxy) is 5. The van der Waals surface area contributed by atoms with Gasteiger partial charge in [0.05, 0.1) is 13.2 Å². The van der Waals surface area contributed by atoms with E-state index in [0.717, 1.165) is 24.8 Å². The van der Waals surface area contributed by atoms with Gasteiger partial charge >= 0.3 is 12.2 Å². The minimum absolute atomic E-state index is 0.00511. The molecule has 4 rings (SSSR count). The van der Waals surface area contributed by atoms with Crippen LogP contribution in [0.2, 0.25) is 0 Å². The summed E-state index contributed by atoms with van der Waals surface area (Å²) in [6, 6.07) is 12.2. The Hall–Kier alpha value is -3.23. The second-order valence-corrected chi connectivity index (χ2v) is 13.3. The maximum atomic E-state index is 14.0. The van der Waals surface area contributed by atoms with E-state index in [0.29, 0.717) is 32.0 Å². The second-order valence-electron chi connectivity index (χ2n) is 11.3. The summed E-state index contributed by atoms with van der Waals surface area (Å²) < 4.78 is 55.8. The average Bonchev–Trinajstić information content (AvgIpc) is 3.74. The van der Waals surface area contributed by atoms with E-state index in [2.05, 4.69) is 13.8 Å². The lowest BCUT2D eigenvalue weighted by atomic mass is 10.0. The van der Waals surface area contributed by atoms with Gasteiger partial charge in [0.25, 0.3) is 0 Å². The summed E-state index contributed by atoms with van der Waals surface area (Å²) in [4.78, 5) is 26.2. The molecule has 2 aromatic carbocycles. The Bertz CT molecular complexity index is 1370. The number of hydrogen-bond acceptors (Lipinski definition) is 10. The zero-order valence-electron chi connectivity index (χ0n) is 25.8. The predicted octanol–water partition coefficient (Wildman–Crippen LogP) is 4.53. The number of likely N-dealkylation sites (N-methyl/N-ethyl adjacent to an activating group) is 1. The summed E-state index contributed by atoms with van der Waals surface area (Å²) >= 11 is 0. The quantitative estimate of drug-likeness (QED) is 0.201. The molecule has 2 heterocycles. The first-order chi connectivity index (χ1) is 21.0. The average molecular weight is 634 g/mol. The molecule has 0 bridgehead atoms. The van der Waals surface area contributed by atoms with Gasteiger partial charge in [-0.2, -0.15) is 0 Å². The Kier molecular flexibility index (Phi) is 11.6. The van der Waals surface area contributed by atoms with E-state index in [9.17, 15) is 18.0 Å². The van der Waals surface area contributed by atoms with Gasteiger partial charge < -0.3 is 29.4 Å². The molecule has 0 radical (unpaired) electrons. The molecule has 2 fully saturated rings. The highest BCUT2D eigenvalue weighted by atomic mass is 32.2. The third kappa shape index (κ3) is 8.27. The highest BCUT2D eigenvalue weighted by Crippen LogP contribution is 2.33. The maximum Gasteiger partial charge on any atom is 0.513 e. The van der Waals surface area contributed by atoms with Crippen molar-refractivity contribution in [2.75, 3.05) is 40.5 Å². The molecule has 0 saturated carbocycles. The van der Waals surface area contributed by atoms with Crippen molar-refractivity contribution in [2.24, 2.45) is 5.73 Å². The highest BCUT2D eigenvalue weighted by Gasteiger charge is 2.35. The normalized spacial score (nSPS) is 19.2. The molecule has 2 aromatic rings. The molecule has 3 unspecified atom stereocenters. The monoisotopic (exact) mass is 633 g/mol. The van der Waals surface area contributed by atoms with Gasteiger partial charge in [0.15, 0.2) is 5.75 Å². The zero-order chi connectivity index (χ0) is 31.9. The van der Waals surface area contributed by atoms with Crippen molar-refractivity contribution < 1.29 is 41.7 Å². The first-order valence-corrected chi connectivity index (χ1v) is 16.3. The molecule has 242 valence electrons. The molecule has 0 aliphatic carbocycles. The van der Waals surface area contributed by atoms with Crippen molar-refractivity contribution >= 4 is 22.3 Å². The minimum atomic E-state index is -4.21. The zero-order valence-corrected chi connectivity index (χ0v) is 26.6. The molecule has 13 heteroatoms. The molecular weight excluding hydrogens is 590 g/mol. The van der Waals surface area contributed by atoms with Gasteiger partial charge in [-0.05, 0) is 66.8 Å². The molecule has 3 atom stereocenters. The van der Waals surface area contributed by atoms with Crippen molar-refractivity contribution in [1.29, 1.82) is 0 Å². The molecule has 44 heavy (non-hydrogen) atoms. The number of sulfonamides is 1. The number of carbonyl (C=O) groups is 2. The van der Waals surface area contributed by atoms with Crippen LogP contribution in [0.3, 0.4) is 0 Å². The third-order valence-electron chi connectivity index (χ3n) is 7.86. The van der Waals surface area contributed by atoms with Crippen LogP contribution in [0.15, 0.2) is 47.4 Å². The molecule has 2 aliphatic rings. The standard InChI is InChI=1S/C31H43N3O9S/c1-21(2)23-11-9-22(10-12-23)15-16-33(3)44(37,38)27-19-24(29(32)34(30(35)39-4)28-8-6-18-41-28)13-14-26(27)43-31(36)42-20-25-7-5-17-40-25/h9-14,19,21,25,28-29H,5-8,15-18,20,32H2,1-4H3. The first-order valence-electron chi connectivity index (χ1n) is 14.9. The lowest BCUT2D eigenvalue weighted by Gasteiger charge is -2.32. The molecule has 2 saturated heterocycles. The van der Waals surface area contributed by atoms with Gasteiger partial charge in [0.1, 0.15) is 23.9 Å². The van der Waals surface area contributed by atoms with Crippen molar-refractivity contribution in [3.63, 3.8) is 0 Å². The van der Waals surface area contributed by atoms with Crippen LogP contribution < -0.4 is 10.5 Å². The van der Waals surface area contributed by atoms with Crippen molar-refractivity contribution in [1.82, 2.24) is 9.21 Å². The predicted molar refractivity (Wildman–Crippen MR) is 162 cm³/mol. The summed E-state index contributed by atoms with van der Waals surface area (Å²) in [5, 5.41) is 0. The van der Waals surface area contributed by atoms with Gasteiger partial charge in [-0.15, -0.1) is 0 Å². The molecule has 0 spiro atoms. The number of amides is 1. The topological polar surface area (TPSA) is 147 Å². The fourth-order valence-electron chi connectivity index (χ4n) is 5.15. The van der Waals surface area contributed by atoms with Gasteiger partial charge in [0, 0.05) is 26.8 Å². The Morgan fingerprint density at radius 1 is 1.02 bits per heavy atom. The van der Waals surface area contributed by atoms with Gasteiger partial charge in [-0.1, -0.05) is 44.2 Å². The number of carbonyl (C=O) groups excluding carboxylic acids is 2. The van der Waals surface area contributed by atoms with Gasteiger partial charge in [-0.25, -0.2) is 22.3 Å². The van der Waals surface area contributed by atoms with Crippen LogP contribution in [-0.2, 0) is 35.4 Å².